The molecule has 0 saturated carbocycles. The molecule has 92 valence electrons. The molecule has 0 aliphatic carbocycles. The summed E-state index contributed by atoms with van der Waals surface area (Å²) in [6.45, 7) is 1.68. The Hall–Kier alpha value is 0.900. The van der Waals surface area contributed by atoms with Crippen LogP contribution in [0.4, 0.5) is 0 Å². The highest BCUT2D eigenvalue weighted by Crippen LogP contribution is 2.22. The van der Waals surface area contributed by atoms with E-state index in [1.807, 2.05) is 0 Å². The van der Waals surface area contributed by atoms with Gasteiger partial charge in [-0.05, 0) is 0 Å². The Labute approximate surface area is 107 Å². The molecule has 0 spiro atoms. The largest absolute Gasteiger partial charge is 0.697 e. The third-order valence-electron chi connectivity index (χ3n) is 0.789. The molecule has 0 radical (unpaired) electrons. The molecule has 8 heteroatoms. The number of aliphatic hydroxyl groups excluding tert-OH is 2. The summed E-state index contributed by atoms with van der Waals surface area (Å²) in [6, 6.07) is 0. The molecule has 0 bridgehead atoms. The summed E-state index contributed by atoms with van der Waals surface area (Å²) in [5, 5.41) is 17.4. The molecule has 0 aliphatic heterocycles. The topological polar surface area (TPSA) is 76.0 Å². The quantitative estimate of drug-likeness (QED) is 0.528. The maximum atomic E-state index is 10.4. The van der Waals surface area contributed by atoms with Gasteiger partial charge < -0.3 is 10.2 Å². The first-order valence-corrected chi connectivity index (χ1v) is 7.36. The molecule has 2 N–H and O–H groups in total. The van der Waals surface area contributed by atoms with E-state index in [9.17, 15) is 4.57 Å². The normalized spacial score (nSPS) is 11.5. The van der Waals surface area contributed by atoms with Gasteiger partial charge in [-0.1, -0.05) is 38.8 Å². The van der Waals surface area contributed by atoms with Crippen LogP contribution in [-0.4, -0.2) is 46.8 Å². The van der Waals surface area contributed by atoms with Crippen LogP contribution < -0.4 is 0 Å². The van der Waals surface area contributed by atoms with E-state index in [1.54, 1.807) is 0 Å². The lowest BCUT2D eigenvalue weighted by molar-refractivity contribution is 0.154. The van der Waals surface area contributed by atoms with Crippen molar-refractivity contribution in [3.63, 3.8) is 0 Å². The number of aliphatic hydroxyl groups is 2. The first-order valence-electron chi connectivity index (χ1n) is 4.23. The van der Waals surface area contributed by atoms with Gasteiger partial charge in [-0.2, -0.15) is 0 Å². The van der Waals surface area contributed by atoms with Crippen molar-refractivity contribution in [2.75, 3.05) is 31.8 Å². The summed E-state index contributed by atoms with van der Waals surface area (Å²) in [5.41, 5.74) is 0. The second-order valence-electron chi connectivity index (χ2n) is 2.27. The van der Waals surface area contributed by atoms with Gasteiger partial charge in [0.1, 0.15) is 13.2 Å². The molecule has 0 aromatic rings. The highest BCUT2D eigenvalue weighted by atomic mass is 79.9. The van der Waals surface area contributed by atoms with E-state index in [0.29, 0.717) is 4.83 Å². The molecular formula is C7H16Br2O5P+. The van der Waals surface area contributed by atoms with Crippen LogP contribution in [0, 0.1) is 0 Å². The van der Waals surface area contributed by atoms with Crippen molar-refractivity contribution < 1.29 is 23.8 Å². The van der Waals surface area contributed by atoms with E-state index >= 15 is 0 Å². The van der Waals surface area contributed by atoms with Gasteiger partial charge in [-0.3, -0.25) is 0 Å². The summed E-state index contributed by atoms with van der Waals surface area (Å²) >= 11 is 6.59. The molecule has 0 amide bonds. The monoisotopic (exact) mass is 369 g/mol. The van der Waals surface area contributed by atoms with Crippen molar-refractivity contribution in [3.8, 4) is 0 Å². The van der Waals surface area contributed by atoms with Gasteiger partial charge in [-0.15, -0.1) is 9.05 Å². The minimum Gasteiger partial charge on any atom is -0.394 e. The lowest BCUT2D eigenvalue weighted by Gasteiger charge is -1.86. The molecule has 0 fully saturated rings. The fourth-order valence-corrected chi connectivity index (χ4v) is 0.804. The molecule has 0 saturated heterocycles. The molecule has 0 aliphatic rings. The molecular weight excluding hydrogens is 355 g/mol. The Balaban J connectivity index is 0. The Morgan fingerprint density at radius 1 is 1.27 bits per heavy atom. The Morgan fingerprint density at radius 3 is 1.80 bits per heavy atom. The van der Waals surface area contributed by atoms with Crippen LogP contribution in [0.1, 0.15) is 6.92 Å². The highest BCUT2D eigenvalue weighted by molar-refractivity contribution is 9.12. The number of hydrogen-bond donors (Lipinski definition) is 2. The van der Waals surface area contributed by atoms with Gasteiger partial charge in [0.15, 0.2) is 0 Å². The molecule has 1 atom stereocenters. The zero-order valence-electron chi connectivity index (χ0n) is 8.44. The minimum atomic E-state index is -2.16. The summed E-state index contributed by atoms with van der Waals surface area (Å²) in [7, 11) is -2.16. The summed E-state index contributed by atoms with van der Waals surface area (Å²) in [5.74, 6) is 0. The van der Waals surface area contributed by atoms with Crippen LogP contribution >= 0.6 is 40.1 Å². The fraction of sp³-hybridized carbons (Fsp3) is 1.00. The van der Waals surface area contributed by atoms with Crippen LogP contribution in [0.5, 0.6) is 0 Å². The van der Waals surface area contributed by atoms with Gasteiger partial charge in [-0.25, -0.2) is 0 Å². The second kappa shape index (κ2) is 14.9. The van der Waals surface area contributed by atoms with Crippen molar-refractivity contribution in [2.45, 2.75) is 11.8 Å². The third kappa shape index (κ3) is 20.9. The van der Waals surface area contributed by atoms with E-state index in [4.69, 9.17) is 10.2 Å². The highest BCUT2D eigenvalue weighted by Gasteiger charge is 2.18. The second-order valence-corrected chi connectivity index (χ2v) is 5.45. The number of alkyl halides is 2. The predicted molar refractivity (Wildman–Crippen MR) is 65.9 cm³/mol. The van der Waals surface area contributed by atoms with E-state index in [0.717, 1.165) is 5.33 Å². The van der Waals surface area contributed by atoms with Crippen LogP contribution in [0.2, 0.25) is 0 Å². The summed E-state index contributed by atoms with van der Waals surface area (Å²) in [4.78, 5) is 0.613. The van der Waals surface area contributed by atoms with Crippen LogP contribution in [0.15, 0.2) is 0 Å². The lowest BCUT2D eigenvalue weighted by atomic mass is 10.6. The van der Waals surface area contributed by atoms with Crippen LogP contribution in [0.25, 0.3) is 0 Å². The lowest BCUT2D eigenvalue weighted by Crippen LogP contribution is -1.96. The van der Waals surface area contributed by atoms with Crippen molar-refractivity contribution in [3.05, 3.63) is 0 Å². The van der Waals surface area contributed by atoms with Gasteiger partial charge in [0.25, 0.3) is 0 Å². The Bertz CT molecular complexity index is 137. The van der Waals surface area contributed by atoms with Gasteiger partial charge >= 0.3 is 8.25 Å². The SMILES string of the molecule is CC(Br)CBr.O=[P+](OCCO)OCCO. The third-order valence-corrected chi connectivity index (χ3v) is 3.74. The predicted octanol–water partition coefficient (Wildman–Crippen LogP) is 1.83. The first kappa shape index (κ1) is 18.3. The van der Waals surface area contributed by atoms with Crippen molar-refractivity contribution in [2.24, 2.45) is 0 Å². The molecule has 0 heterocycles. The van der Waals surface area contributed by atoms with Gasteiger partial charge in [0.2, 0.25) is 0 Å². The number of halogens is 2. The zero-order chi connectivity index (χ0) is 12.1. The molecule has 15 heavy (non-hydrogen) atoms. The van der Waals surface area contributed by atoms with E-state index in [-0.39, 0.29) is 26.4 Å². The molecule has 1 unspecified atom stereocenters. The van der Waals surface area contributed by atoms with Crippen molar-refractivity contribution in [1.29, 1.82) is 0 Å². The van der Waals surface area contributed by atoms with Gasteiger partial charge in [0, 0.05) is 14.7 Å². The number of hydrogen-bond acceptors (Lipinski definition) is 5. The molecule has 0 aromatic heterocycles. The van der Waals surface area contributed by atoms with Crippen molar-refractivity contribution >= 4 is 40.1 Å². The maximum Gasteiger partial charge on any atom is 0.697 e. The van der Waals surface area contributed by atoms with Crippen LogP contribution in [0.3, 0.4) is 0 Å². The molecule has 5 nitrogen and oxygen atoms in total. The summed E-state index contributed by atoms with van der Waals surface area (Å²) in [6.07, 6.45) is 0. The van der Waals surface area contributed by atoms with Gasteiger partial charge in [0.05, 0.1) is 13.2 Å². The first-order chi connectivity index (χ1) is 7.08. The van der Waals surface area contributed by atoms with Crippen LogP contribution in [-0.2, 0) is 13.6 Å². The zero-order valence-corrected chi connectivity index (χ0v) is 12.5. The van der Waals surface area contributed by atoms with E-state index in [1.165, 1.54) is 0 Å². The average Bonchev–Trinajstić information content (AvgIpc) is 2.24. The Kier molecular flexibility index (Phi) is 18.1. The average molecular weight is 371 g/mol. The smallest absolute Gasteiger partial charge is 0.394 e. The summed E-state index contributed by atoms with van der Waals surface area (Å²) < 4.78 is 19.3. The minimum absolute atomic E-state index is 0.0133. The van der Waals surface area contributed by atoms with Crippen molar-refractivity contribution in [1.82, 2.24) is 0 Å². The molecule has 0 aromatic carbocycles. The van der Waals surface area contributed by atoms with E-state index in [2.05, 4.69) is 47.8 Å². The Morgan fingerprint density at radius 2 is 1.60 bits per heavy atom. The number of rotatable bonds is 7. The standard InChI is InChI=1S/C4H10O5P.C3H6Br2/c5-1-3-8-10(7)9-4-2-6;1-3(5)2-4/h5-6H,1-4H2;3H,2H2,1H3/q+1;. The molecule has 0 rings (SSSR count). The maximum absolute atomic E-state index is 10.4. The fourth-order valence-electron chi connectivity index (χ4n) is 0.268. The van der Waals surface area contributed by atoms with E-state index < -0.39 is 8.25 Å².